The summed E-state index contributed by atoms with van der Waals surface area (Å²) in [5, 5.41) is 8.93. The molecular formula is C19H18O5S. The molecule has 130 valence electrons. The number of hydrogen-bond acceptors (Lipinski definition) is 4. The average molecular weight is 358 g/mol. The highest BCUT2D eigenvalue weighted by atomic mass is 32.2. The van der Waals surface area contributed by atoms with Crippen molar-refractivity contribution in [2.24, 2.45) is 0 Å². The van der Waals surface area contributed by atoms with Crippen molar-refractivity contribution in [3.8, 4) is 0 Å². The Kier molecular flexibility index (Phi) is 4.03. The first kappa shape index (κ1) is 17.4. The second-order valence-corrected chi connectivity index (χ2v) is 8.95. The van der Waals surface area contributed by atoms with Gasteiger partial charge in [0.1, 0.15) is 0 Å². The number of carboxylic acids is 1. The third-order valence-electron chi connectivity index (χ3n) is 4.70. The predicted octanol–water partition coefficient (Wildman–Crippen LogP) is 3.07. The molecule has 1 N–H and O–H groups in total. The predicted molar refractivity (Wildman–Crippen MR) is 93.0 cm³/mol. The average Bonchev–Trinajstić information content (AvgIpc) is 2.58. The molecule has 0 saturated heterocycles. The fourth-order valence-electron chi connectivity index (χ4n) is 3.04. The van der Waals surface area contributed by atoms with Crippen LogP contribution in [0.2, 0.25) is 0 Å². The lowest BCUT2D eigenvalue weighted by molar-refractivity contribution is 0.0696. The topological polar surface area (TPSA) is 88.5 Å². The zero-order valence-corrected chi connectivity index (χ0v) is 14.8. The molecule has 2 aromatic carbocycles. The third kappa shape index (κ3) is 3.09. The first-order chi connectivity index (χ1) is 11.6. The van der Waals surface area contributed by atoms with Crippen molar-refractivity contribution in [1.82, 2.24) is 0 Å². The Morgan fingerprint density at radius 1 is 0.960 bits per heavy atom. The Balaban J connectivity index is 2.04. The Morgan fingerprint density at radius 2 is 1.52 bits per heavy atom. The van der Waals surface area contributed by atoms with E-state index in [1.807, 2.05) is 13.8 Å². The van der Waals surface area contributed by atoms with E-state index in [2.05, 4.69) is 0 Å². The molecule has 0 bridgehead atoms. The molecule has 1 aliphatic rings. The van der Waals surface area contributed by atoms with E-state index in [1.54, 1.807) is 6.07 Å². The van der Waals surface area contributed by atoms with Crippen LogP contribution in [0, 0.1) is 0 Å². The van der Waals surface area contributed by atoms with Crippen molar-refractivity contribution in [3.63, 3.8) is 0 Å². The summed E-state index contributed by atoms with van der Waals surface area (Å²) in [6.07, 6.45) is 0.507. The molecule has 1 aliphatic heterocycles. The van der Waals surface area contributed by atoms with Gasteiger partial charge in [0.2, 0.25) is 0 Å². The van der Waals surface area contributed by atoms with Crippen LogP contribution in [-0.2, 0) is 15.3 Å². The van der Waals surface area contributed by atoms with Gasteiger partial charge in [-0.1, -0.05) is 26.0 Å². The minimum Gasteiger partial charge on any atom is -0.478 e. The lowest BCUT2D eigenvalue weighted by Gasteiger charge is -2.32. The first-order valence-corrected chi connectivity index (χ1v) is 9.52. The smallest absolute Gasteiger partial charge is 0.335 e. The zero-order chi connectivity index (χ0) is 18.4. The summed E-state index contributed by atoms with van der Waals surface area (Å²) < 4.78 is 24.5. The summed E-state index contributed by atoms with van der Waals surface area (Å²) in [6, 6.07) is 10.4. The molecular weight excluding hydrogens is 340 g/mol. The van der Waals surface area contributed by atoms with Crippen LogP contribution in [0.3, 0.4) is 0 Å². The summed E-state index contributed by atoms with van der Waals surface area (Å²) in [4.78, 5) is 23.9. The summed E-state index contributed by atoms with van der Waals surface area (Å²) in [5.41, 5.74) is 1.19. The van der Waals surface area contributed by atoms with Crippen LogP contribution in [0.1, 0.15) is 52.1 Å². The molecule has 6 heteroatoms. The lowest BCUT2D eigenvalue weighted by atomic mass is 9.80. The van der Waals surface area contributed by atoms with Crippen molar-refractivity contribution >= 4 is 21.6 Å². The van der Waals surface area contributed by atoms with Gasteiger partial charge in [-0.15, -0.1) is 0 Å². The molecule has 0 unspecified atom stereocenters. The monoisotopic (exact) mass is 358 g/mol. The summed E-state index contributed by atoms with van der Waals surface area (Å²) in [7, 11) is -3.31. The second-order valence-electron chi connectivity index (χ2n) is 6.88. The number of sulfone groups is 1. The van der Waals surface area contributed by atoms with Crippen LogP contribution < -0.4 is 0 Å². The number of rotatable bonds is 3. The van der Waals surface area contributed by atoms with E-state index in [1.165, 1.54) is 36.4 Å². The molecule has 0 fully saturated rings. The van der Waals surface area contributed by atoms with E-state index < -0.39 is 15.8 Å². The number of ketones is 1. The fourth-order valence-corrected chi connectivity index (χ4v) is 4.98. The van der Waals surface area contributed by atoms with Gasteiger partial charge in [-0.3, -0.25) is 4.79 Å². The van der Waals surface area contributed by atoms with E-state index in [4.69, 9.17) is 5.11 Å². The van der Waals surface area contributed by atoms with E-state index in [0.29, 0.717) is 28.0 Å². The number of carbonyl (C=O) groups is 2. The van der Waals surface area contributed by atoms with Crippen LogP contribution in [0.5, 0.6) is 0 Å². The molecule has 0 aliphatic carbocycles. The number of hydrogen-bond donors (Lipinski definition) is 1. The van der Waals surface area contributed by atoms with Gasteiger partial charge in [-0.25, -0.2) is 13.2 Å². The van der Waals surface area contributed by atoms with Crippen molar-refractivity contribution < 1.29 is 23.1 Å². The number of carbonyl (C=O) groups excluding carboxylic acids is 1. The molecule has 3 rings (SSSR count). The molecule has 2 aromatic rings. The minimum atomic E-state index is -3.31. The van der Waals surface area contributed by atoms with Gasteiger partial charge in [-0.2, -0.15) is 0 Å². The van der Waals surface area contributed by atoms with E-state index in [-0.39, 0.29) is 22.5 Å². The highest BCUT2D eigenvalue weighted by Crippen LogP contribution is 2.38. The van der Waals surface area contributed by atoms with Crippen LogP contribution in [0.25, 0.3) is 0 Å². The van der Waals surface area contributed by atoms with Gasteiger partial charge in [0.05, 0.1) is 16.2 Å². The number of aromatic carboxylic acids is 1. The fraction of sp³-hybridized carbons (Fsp3) is 0.263. The minimum absolute atomic E-state index is 0.106. The van der Waals surface area contributed by atoms with Crippen LogP contribution in [0.4, 0.5) is 0 Å². The first-order valence-electron chi connectivity index (χ1n) is 7.87. The quantitative estimate of drug-likeness (QED) is 0.852. The van der Waals surface area contributed by atoms with Crippen molar-refractivity contribution in [1.29, 1.82) is 0 Å². The number of fused-ring (bicyclic) bond motifs is 1. The molecule has 0 spiro atoms. The molecule has 0 amide bonds. The van der Waals surface area contributed by atoms with Gasteiger partial charge < -0.3 is 5.11 Å². The Hall–Kier alpha value is -2.47. The van der Waals surface area contributed by atoms with Gasteiger partial charge in [0.15, 0.2) is 15.6 Å². The highest BCUT2D eigenvalue weighted by molar-refractivity contribution is 7.91. The van der Waals surface area contributed by atoms with Crippen LogP contribution >= 0.6 is 0 Å². The van der Waals surface area contributed by atoms with E-state index >= 15 is 0 Å². The summed E-state index contributed by atoms with van der Waals surface area (Å²) >= 11 is 0. The van der Waals surface area contributed by atoms with Gasteiger partial charge >= 0.3 is 5.97 Å². The highest BCUT2D eigenvalue weighted by Gasteiger charge is 2.35. The molecule has 0 atom stereocenters. The number of carboxylic acid groups (broad SMARTS) is 1. The molecule has 5 nitrogen and oxygen atoms in total. The van der Waals surface area contributed by atoms with Crippen LogP contribution in [-0.4, -0.2) is 31.0 Å². The maximum Gasteiger partial charge on any atom is 0.335 e. The second kappa shape index (κ2) is 5.81. The van der Waals surface area contributed by atoms with Gasteiger partial charge in [-0.05, 0) is 47.7 Å². The normalized spacial score (nSPS) is 17.5. The zero-order valence-electron chi connectivity index (χ0n) is 13.9. The van der Waals surface area contributed by atoms with Crippen molar-refractivity contribution in [2.45, 2.75) is 30.6 Å². The number of benzene rings is 2. The largest absolute Gasteiger partial charge is 0.478 e. The Labute approximate surface area is 146 Å². The summed E-state index contributed by atoms with van der Waals surface area (Å²) in [5.74, 6) is -1.21. The molecule has 1 heterocycles. The van der Waals surface area contributed by atoms with Crippen molar-refractivity contribution in [3.05, 3.63) is 64.7 Å². The van der Waals surface area contributed by atoms with E-state index in [9.17, 15) is 18.0 Å². The maximum atomic E-state index is 12.7. The molecule has 25 heavy (non-hydrogen) atoms. The molecule has 0 aromatic heterocycles. The Morgan fingerprint density at radius 3 is 2.12 bits per heavy atom. The van der Waals surface area contributed by atoms with Gasteiger partial charge in [0, 0.05) is 11.1 Å². The SMILES string of the molecule is CC1(C)CCS(=O)(=O)c2ccc(C(=O)c3ccc(C(=O)O)cc3)cc21. The van der Waals surface area contributed by atoms with Gasteiger partial charge in [0.25, 0.3) is 0 Å². The van der Waals surface area contributed by atoms with Crippen LogP contribution in [0.15, 0.2) is 47.4 Å². The molecule has 0 radical (unpaired) electrons. The Bertz CT molecular complexity index is 969. The van der Waals surface area contributed by atoms with E-state index in [0.717, 1.165) is 0 Å². The third-order valence-corrected chi connectivity index (χ3v) is 6.46. The maximum absolute atomic E-state index is 12.7. The standard InChI is InChI=1S/C19H18O5S/c1-19(2)9-10-25(23,24)16-8-7-14(11-15(16)19)17(20)12-3-5-13(6-4-12)18(21)22/h3-8,11H,9-10H2,1-2H3,(H,21,22). The lowest BCUT2D eigenvalue weighted by Crippen LogP contribution is -2.30. The molecule has 0 saturated carbocycles. The summed E-state index contributed by atoms with van der Waals surface area (Å²) in [6.45, 7) is 3.94. The van der Waals surface area contributed by atoms with Crippen molar-refractivity contribution in [2.75, 3.05) is 5.75 Å².